The van der Waals surface area contributed by atoms with E-state index in [4.69, 9.17) is 0 Å². The maximum atomic E-state index is 13.6. The molecule has 0 aliphatic heterocycles. The molecular formula is C23H25F2N5O. The van der Waals surface area contributed by atoms with Crippen molar-refractivity contribution in [2.45, 2.75) is 33.7 Å². The number of benzene rings is 2. The Bertz CT molecular complexity index is 1110. The third kappa shape index (κ3) is 5.75. The number of carbonyl (C=O) groups excluding carboxylic acids is 1. The Hall–Kier alpha value is -3.55. The normalized spacial score (nSPS) is 11.5. The van der Waals surface area contributed by atoms with Gasteiger partial charge in [0.2, 0.25) is 5.96 Å². The molecule has 0 atom stereocenters. The van der Waals surface area contributed by atoms with Crippen molar-refractivity contribution < 1.29 is 13.6 Å². The lowest BCUT2D eigenvalue weighted by atomic mass is 10.1. The summed E-state index contributed by atoms with van der Waals surface area (Å²) in [6.45, 7) is 7.16. The van der Waals surface area contributed by atoms with Gasteiger partial charge in [0.05, 0.1) is 5.69 Å². The smallest absolute Gasteiger partial charge is 0.258 e. The molecule has 0 bridgehead atoms. The van der Waals surface area contributed by atoms with Crippen molar-refractivity contribution in [2.75, 3.05) is 11.9 Å². The summed E-state index contributed by atoms with van der Waals surface area (Å²) < 4.78 is 29.0. The second kappa shape index (κ2) is 9.97. The Kier molecular flexibility index (Phi) is 7.12. The van der Waals surface area contributed by atoms with Gasteiger partial charge in [0.15, 0.2) is 0 Å². The zero-order valence-electron chi connectivity index (χ0n) is 17.7. The average Bonchev–Trinajstić information content (AvgIpc) is 3.01. The van der Waals surface area contributed by atoms with E-state index in [-0.39, 0.29) is 11.5 Å². The molecule has 0 aliphatic rings. The molecular weight excluding hydrogens is 400 g/mol. The van der Waals surface area contributed by atoms with Crippen LogP contribution in [0.5, 0.6) is 0 Å². The highest BCUT2D eigenvalue weighted by molar-refractivity contribution is 6.09. The first kappa shape index (κ1) is 22.1. The number of aromatic nitrogens is 2. The molecule has 6 nitrogen and oxygen atoms in total. The summed E-state index contributed by atoms with van der Waals surface area (Å²) >= 11 is 0. The maximum Gasteiger partial charge on any atom is 0.258 e. The van der Waals surface area contributed by atoms with Gasteiger partial charge in [-0.1, -0.05) is 12.1 Å². The lowest BCUT2D eigenvalue weighted by molar-refractivity contribution is 0.0976. The summed E-state index contributed by atoms with van der Waals surface area (Å²) in [6, 6.07) is 11.2. The number of nitrogens with one attached hydrogen (secondary N) is 2. The van der Waals surface area contributed by atoms with Crippen molar-refractivity contribution in [3.8, 4) is 0 Å². The molecule has 2 aromatic carbocycles. The third-order valence-corrected chi connectivity index (χ3v) is 4.87. The van der Waals surface area contributed by atoms with E-state index < -0.39 is 17.5 Å². The fourth-order valence-corrected chi connectivity index (χ4v) is 3.31. The van der Waals surface area contributed by atoms with Crippen molar-refractivity contribution in [1.82, 2.24) is 15.1 Å². The zero-order chi connectivity index (χ0) is 22.4. The number of hydrogen-bond donors (Lipinski definition) is 2. The molecule has 1 amide bonds. The highest BCUT2D eigenvalue weighted by Crippen LogP contribution is 2.14. The van der Waals surface area contributed by atoms with E-state index in [1.807, 2.05) is 25.5 Å². The Balaban J connectivity index is 1.79. The number of hydrogen-bond acceptors (Lipinski definition) is 3. The Labute approximate surface area is 180 Å². The van der Waals surface area contributed by atoms with Gasteiger partial charge in [-0.2, -0.15) is 5.10 Å². The van der Waals surface area contributed by atoms with Gasteiger partial charge in [-0.15, -0.1) is 0 Å². The van der Waals surface area contributed by atoms with Crippen LogP contribution in [0.15, 0.2) is 53.5 Å². The molecule has 0 fully saturated rings. The first-order chi connectivity index (χ1) is 14.9. The molecule has 8 heteroatoms. The highest BCUT2D eigenvalue weighted by Gasteiger charge is 2.12. The monoisotopic (exact) mass is 425 g/mol. The van der Waals surface area contributed by atoms with Gasteiger partial charge >= 0.3 is 0 Å². The van der Waals surface area contributed by atoms with E-state index in [9.17, 15) is 13.6 Å². The molecule has 1 aromatic heterocycles. The van der Waals surface area contributed by atoms with Gasteiger partial charge in [0.1, 0.15) is 11.6 Å². The number of guanidine groups is 1. The molecule has 31 heavy (non-hydrogen) atoms. The number of aryl methyl sites for hydroxylation is 2. The topological polar surface area (TPSA) is 71.3 Å². The van der Waals surface area contributed by atoms with Crippen LogP contribution in [-0.2, 0) is 13.0 Å². The van der Waals surface area contributed by atoms with E-state index in [2.05, 4.69) is 20.7 Å². The Morgan fingerprint density at radius 1 is 1.10 bits per heavy atom. The van der Waals surface area contributed by atoms with Crippen molar-refractivity contribution in [3.63, 3.8) is 0 Å². The van der Waals surface area contributed by atoms with E-state index in [0.717, 1.165) is 29.6 Å². The number of amides is 1. The van der Waals surface area contributed by atoms with Crippen LogP contribution in [0.25, 0.3) is 0 Å². The predicted octanol–water partition coefficient (Wildman–Crippen LogP) is 4.24. The van der Waals surface area contributed by atoms with Crippen LogP contribution in [0.4, 0.5) is 14.5 Å². The first-order valence-electron chi connectivity index (χ1n) is 10.0. The largest absolute Gasteiger partial charge is 0.326 e. The third-order valence-electron chi connectivity index (χ3n) is 4.87. The highest BCUT2D eigenvalue weighted by atomic mass is 19.1. The van der Waals surface area contributed by atoms with Crippen LogP contribution >= 0.6 is 0 Å². The van der Waals surface area contributed by atoms with Crippen LogP contribution in [0.2, 0.25) is 0 Å². The molecule has 0 saturated heterocycles. The number of carbonyl (C=O) groups is 1. The molecule has 0 unspecified atom stereocenters. The summed E-state index contributed by atoms with van der Waals surface area (Å²) in [5.41, 5.74) is 3.72. The molecule has 3 rings (SSSR count). The SMILES string of the molecule is CCn1nc(C)c(CCN=C(NC(=O)c2cccc(F)c2)Nc2cccc(F)c2)c1C. The number of nitrogens with zero attached hydrogens (tertiary/aromatic N) is 3. The van der Waals surface area contributed by atoms with Gasteiger partial charge in [0.25, 0.3) is 5.91 Å². The number of aliphatic imine (C=N–C) groups is 1. The van der Waals surface area contributed by atoms with E-state index >= 15 is 0 Å². The summed E-state index contributed by atoms with van der Waals surface area (Å²) in [5, 5.41) is 10.1. The molecule has 1 heterocycles. The van der Waals surface area contributed by atoms with Crippen LogP contribution in [0.3, 0.4) is 0 Å². The zero-order valence-corrected chi connectivity index (χ0v) is 17.7. The van der Waals surface area contributed by atoms with Crippen molar-refractivity contribution >= 4 is 17.6 Å². The summed E-state index contributed by atoms with van der Waals surface area (Å²) in [7, 11) is 0. The van der Waals surface area contributed by atoms with Crippen molar-refractivity contribution in [2.24, 2.45) is 4.99 Å². The Morgan fingerprint density at radius 3 is 2.45 bits per heavy atom. The predicted molar refractivity (Wildman–Crippen MR) is 117 cm³/mol. The van der Waals surface area contributed by atoms with Crippen LogP contribution in [-0.4, -0.2) is 28.2 Å². The molecule has 0 saturated carbocycles. The lowest BCUT2D eigenvalue weighted by Crippen LogP contribution is -2.36. The molecule has 0 radical (unpaired) electrons. The second-order valence-electron chi connectivity index (χ2n) is 7.05. The molecule has 2 N–H and O–H groups in total. The summed E-state index contributed by atoms with van der Waals surface area (Å²) in [4.78, 5) is 17.0. The van der Waals surface area contributed by atoms with Gasteiger partial charge in [-0.25, -0.2) is 8.78 Å². The number of rotatable bonds is 6. The fraction of sp³-hybridized carbons (Fsp3) is 0.261. The maximum absolute atomic E-state index is 13.6. The number of anilines is 1. The first-order valence-corrected chi connectivity index (χ1v) is 10.0. The minimum atomic E-state index is -0.520. The average molecular weight is 425 g/mol. The second-order valence-corrected chi connectivity index (χ2v) is 7.05. The summed E-state index contributed by atoms with van der Waals surface area (Å²) in [5.74, 6) is -1.30. The molecule has 3 aromatic rings. The molecule has 0 aliphatic carbocycles. The standard InChI is InChI=1S/C23H25F2N5O/c1-4-30-16(3)21(15(2)29-30)11-12-26-23(27-20-10-6-9-19(25)14-20)28-22(31)17-7-5-8-18(24)13-17/h5-10,13-14H,4,11-12H2,1-3H3,(H2,26,27,28,31). The van der Waals surface area contributed by atoms with E-state index in [1.54, 1.807) is 12.1 Å². The summed E-state index contributed by atoms with van der Waals surface area (Å²) in [6.07, 6.45) is 0.627. The van der Waals surface area contributed by atoms with Gasteiger partial charge in [-0.3, -0.25) is 19.8 Å². The minimum Gasteiger partial charge on any atom is -0.326 e. The van der Waals surface area contributed by atoms with Gasteiger partial charge in [-0.05, 0) is 69.2 Å². The van der Waals surface area contributed by atoms with Gasteiger partial charge < -0.3 is 5.32 Å². The molecule has 0 spiro atoms. The van der Waals surface area contributed by atoms with Crippen LogP contribution in [0, 0.1) is 25.5 Å². The number of halogens is 2. The lowest BCUT2D eigenvalue weighted by Gasteiger charge is -2.12. The van der Waals surface area contributed by atoms with E-state index in [0.29, 0.717) is 18.7 Å². The van der Waals surface area contributed by atoms with Crippen molar-refractivity contribution in [1.29, 1.82) is 0 Å². The Morgan fingerprint density at radius 2 is 1.81 bits per heavy atom. The van der Waals surface area contributed by atoms with Crippen LogP contribution in [0.1, 0.15) is 34.2 Å². The fourth-order valence-electron chi connectivity index (χ4n) is 3.31. The molecule has 162 valence electrons. The minimum absolute atomic E-state index is 0.151. The quantitative estimate of drug-likeness (QED) is 0.458. The van der Waals surface area contributed by atoms with Crippen molar-refractivity contribution in [3.05, 3.63) is 82.7 Å². The van der Waals surface area contributed by atoms with E-state index in [1.165, 1.54) is 30.3 Å². The van der Waals surface area contributed by atoms with Crippen LogP contribution < -0.4 is 10.6 Å². The van der Waals surface area contributed by atoms with Gasteiger partial charge in [0, 0.05) is 30.0 Å².